The van der Waals surface area contributed by atoms with Crippen LogP contribution in [0.5, 0.6) is 0 Å². The van der Waals surface area contributed by atoms with Gasteiger partial charge in [-0.25, -0.2) is 0 Å². The van der Waals surface area contributed by atoms with Crippen LogP contribution in [0.2, 0.25) is 0 Å². The van der Waals surface area contributed by atoms with Gasteiger partial charge in [-0.15, -0.1) is 0 Å². The zero-order chi connectivity index (χ0) is 10.7. The number of nitrogens with one attached hydrogen (secondary N) is 1. The Kier molecular flexibility index (Phi) is 4.24. The Labute approximate surface area is 77.0 Å². The van der Waals surface area contributed by atoms with Crippen molar-refractivity contribution in [1.29, 1.82) is 0 Å². The standard InChI is InChI=1S/C7H18N2O4/c1-5(2)6(11,7(8,12)13)9-3-4-10/h5,9-13H,3-4,8H2,1-2H3. The molecule has 0 heterocycles. The summed E-state index contributed by atoms with van der Waals surface area (Å²) >= 11 is 0. The highest BCUT2D eigenvalue weighted by atomic mass is 16.6. The van der Waals surface area contributed by atoms with Crippen molar-refractivity contribution < 1.29 is 20.4 Å². The summed E-state index contributed by atoms with van der Waals surface area (Å²) < 4.78 is 0. The topological polar surface area (TPSA) is 119 Å². The van der Waals surface area contributed by atoms with Gasteiger partial charge in [0.1, 0.15) is 0 Å². The van der Waals surface area contributed by atoms with Crippen LogP contribution < -0.4 is 11.1 Å². The van der Waals surface area contributed by atoms with Crippen LogP contribution in [0.25, 0.3) is 0 Å². The van der Waals surface area contributed by atoms with E-state index in [1.54, 1.807) is 13.8 Å². The highest BCUT2D eigenvalue weighted by molar-refractivity contribution is 4.88. The SMILES string of the molecule is CC(C)C(O)(NCCO)C(N)(O)O. The number of rotatable bonds is 5. The van der Waals surface area contributed by atoms with Crippen LogP contribution in [0.4, 0.5) is 0 Å². The van der Waals surface area contributed by atoms with Gasteiger partial charge in [-0.3, -0.25) is 11.1 Å². The van der Waals surface area contributed by atoms with E-state index in [2.05, 4.69) is 5.32 Å². The first-order valence-corrected chi connectivity index (χ1v) is 4.07. The van der Waals surface area contributed by atoms with Crippen molar-refractivity contribution in [3.8, 4) is 0 Å². The first kappa shape index (κ1) is 12.8. The van der Waals surface area contributed by atoms with Crippen LogP contribution in [-0.2, 0) is 0 Å². The molecule has 0 saturated carbocycles. The number of hydrogen-bond acceptors (Lipinski definition) is 6. The summed E-state index contributed by atoms with van der Waals surface area (Å²) in [4.78, 5) is 0. The van der Waals surface area contributed by atoms with Crippen LogP contribution in [0.1, 0.15) is 13.8 Å². The third-order valence-corrected chi connectivity index (χ3v) is 1.90. The molecule has 0 fully saturated rings. The van der Waals surface area contributed by atoms with E-state index >= 15 is 0 Å². The average molecular weight is 194 g/mol. The van der Waals surface area contributed by atoms with E-state index in [1.165, 1.54) is 0 Å². The predicted octanol–water partition coefficient (Wildman–Crippen LogP) is -2.49. The first-order chi connectivity index (χ1) is 5.75. The minimum atomic E-state index is -2.74. The lowest BCUT2D eigenvalue weighted by molar-refractivity contribution is -0.298. The van der Waals surface area contributed by atoms with Gasteiger partial charge in [0.15, 0.2) is 5.72 Å². The number of hydrogen-bond donors (Lipinski definition) is 6. The van der Waals surface area contributed by atoms with Gasteiger partial charge in [0.25, 0.3) is 5.91 Å². The third-order valence-electron chi connectivity index (χ3n) is 1.90. The normalized spacial score (nSPS) is 17.5. The van der Waals surface area contributed by atoms with Crippen molar-refractivity contribution in [3.63, 3.8) is 0 Å². The summed E-state index contributed by atoms with van der Waals surface area (Å²) in [6.07, 6.45) is 0. The molecule has 6 heteroatoms. The summed E-state index contributed by atoms with van der Waals surface area (Å²) in [5.74, 6) is -3.25. The fourth-order valence-electron chi connectivity index (χ4n) is 1.01. The first-order valence-electron chi connectivity index (χ1n) is 4.07. The Balaban J connectivity index is 4.54. The maximum absolute atomic E-state index is 9.71. The molecule has 0 aliphatic heterocycles. The van der Waals surface area contributed by atoms with Crippen LogP contribution in [0.15, 0.2) is 0 Å². The molecule has 0 saturated heterocycles. The Morgan fingerprint density at radius 1 is 1.31 bits per heavy atom. The van der Waals surface area contributed by atoms with E-state index in [4.69, 9.17) is 21.1 Å². The molecule has 7 N–H and O–H groups in total. The van der Waals surface area contributed by atoms with Crippen molar-refractivity contribution in [2.24, 2.45) is 11.7 Å². The van der Waals surface area contributed by atoms with Gasteiger partial charge in [-0.05, 0) is 0 Å². The largest absolute Gasteiger partial charge is 0.395 e. The Morgan fingerprint density at radius 3 is 2.00 bits per heavy atom. The molecule has 0 aliphatic carbocycles. The monoisotopic (exact) mass is 194 g/mol. The smallest absolute Gasteiger partial charge is 0.264 e. The molecule has 1 unspecified atom stereocenters. The molecular weight excluding hydrogens is 176 g/mol. The zero-order valence-electron chi connectivity index (χ0n) is 7.86. The van der Waals surface area contributed by atoms with E-state index in [-0.39, 0.29) is 13.2 Å². The molecule has 1 atom stereocenters. The van der Waals surface area contributed by atoms with Gasteiger partial charge in [0, 0.05) is 12.5 Å². The summed E-state index contributed by atoms with van der Waals surface area (Å²) in [5.41, 5.74) is 2.94. The molecule has 80 valence electrons. The molecule has 0 aromatic carbocycles. The Hall–Kier alpha value is -0.240. The van der Waals surface area contributed by atoms with Gasteiger partial charge in [0.05, 0.1) is 6.61 Å². The van der Waals surface area contributed by atoms with E-state index in [0.717, 1.165) is 0 Å². The second kappa shape index (κ2) is 4.32. The highest BCUT2D eigenvalue weighted by Crippen LogP contribution is 2.21. The summed E-state index contributed by atoms with van der Waals surface area (Å²) in [5, 5.41) is 38.7. The van der Waals surface area contributed by atoms with Crippen molar-refractivity contribution >= 4 is 0 Å². The number of aliphatic hydroxyl groups excluding tert-OH is 1. The molecule has 0 aromatic heterocycles. The maximum atomic E-state index is 9.71. The molecule has 0 aliphatic rings. The van der Waals surface area contributed by atoms with Gasteiger partial charge in [-0.2, -0.15) is 0 Å². The van der Waals surface area contributed by atoms with E-state index in [9.17, 15) is 5.11 Å². The highest BCUT2D eigenvalue weighted by Gasteiger charge is 2.47. The Morgan fingerprint density at radius 2 is 1.77 bits per heavy atom. The van der Waals surface area contributed by atoms with Crippen molar-refractivity contribution in [2.75, 3.05) is 13.2 Å². The summed E-state index contributed by atoms with van der Waals surface area (Å²) in [6.45, 7) is 2.93. The van der Waals surface area contributed by atoms with Gasteiger partial charge in [0.2, 0.25) is 0 Å². The molecule has 0 rings (SSSR count). The molecule has 0 bridgehead atoms. The molecule has 0 amide bonds. The van der Waals surface area contributed by atoms with Crippen LogP contribution >= 0.6 is 0 Å². The summed E-state index contributed by atoms with van der Waals surface area (Å²) in [6, 6.07) is 0. The van der Waals surface area contributed by atoms with Crippen molar-refractivity contribution in [2.45, 2.75) is 25.5 Å². The van der Waals surface area contributed by atoms with Gasteiger partial charge in [-0.1, -0.05) is 13.8 Å². The molecule has 0 spiro atoms. The second-order valence-electron chi connectivity index (χ2n) is 3.30. The maximum Gasteiger partial charge on any atom is 0.264 e. The lowest BCUT2D eigenvalue weighted by Gasteiger charge is -2.40. The van der Waals surface area contributed by atoms with E-state index in [0.29, 0.717) is 0 Å². The van der Waals surface area contributed by atoms with Crippen LogP contribution in [0, 0.1) is 5.92 Å². The van der Waals surface area contributed by atoms with Crippen LogP contribution in [-0.4, -0.2) is 45.2 Å². The molecule has 13 heavy (non-hydrogen) atoms. The lowest BCUT2D eigenvalue weighted by atomic mass is 9.96. The van der Waals surface area contributed by atoms with Gasteiger partial charge < -0.3 is 20.4 Å². The van der Waals surface area contributed by atoms with Crippen LogP contribution in [0.3, 0.4) is 0 Å². The molecule has 0 radical (unpaired) electrons. The number of nitrogens with two attached hydrogens (primary N) is 1. The molecule has 6 nitrogen and oxygen atoms in total. The van der Waals surface area contributed by atoms with E-state index in [1.807, 2.05) is 0 Å². The summed E-state index contributed by atoms with van der Waals surface area (Å²) in [7, 11) is 0. The molecule has 0 aromatic rings. The minimum absolute atomic E-state index is 0.0226. The molecular formula is C7H18N2O4. The lowest BCUT2D eigenvalue weighted by Crippen LogP contribution is -2.71. The quantitative estimate of drug-likeness (QED) is 0.269. The second-order valence-corrected chi connectivity index (χ2v) is 3.30. The third kappa shape index (κ3) is 2.87. The van der Waals surface area contributed by atoms with E-state index < -0.39 is 17.6 Å². The Bertz CT molecular complexity index is 157. The minimum Gasteiger partial charge on any atom is -0.395 e. The predicted molar refractivity (Wildman–Crippen MR) is 46.2 cm³/mol. The van der Waals surface area contributed by atoms with Crippen molar-refractivity contribution in [1.82, 2.24) is 5.32 Å². The number of aliphatic hydroxyl groups is 4. The fraction of sp³-hybridized carbons (Fsp3) is 1.00. The van der Waals surface area contributed by atoms with Gasteiger partial charge >= 0.3 is 0 Å². The zero-order valence-corrected chi connectivity index (χ0v) is 7.86. The average Bonchev–Trinajstić information content (AvgIpc) is 1.97. The fourth-order valence-corrected chi connectivity index (χ4v) is 1.01. The van der Waals surface area contributed by atoms with Crippen molar-refractivity contribution in [3.05, 3.63) is 0 Å².